The molecular formula is C8H10N4O2S2. The van der Waals surface area contributed by atoms with Gasteiger partial charge >= 0.3 is 6.03 Å². The first-order valence-corrected chi connectivity index (χ1v) is 6.46. The number of hydrogen-bond donors (Lipinski definition) is 1. The maximum absolute atomic E-state index is 11.9. The van der Waals surface area contributed by atoms with E-state index in [1.807, 2.05) is 0 Å². The fourth-order valence-corrected chi connectivity index (χ4v) is 3.01. The Balaban J connectivity index is 1.96. The van der Waals surface area contributed by atoms with Crippen molar-refractivity contribution >= 4 is 35.0 Å². The maximum atomic E-state index is 11.9. The number of imide groups is 1. The number of thioether (sulfide) groups is 1. The van der Waals surface area contributed by atoms with Crippen LogP contribution in [0.5, 0.6) is 0 Å². The molecule has 0 spiro atoms. The monoisotopic (exact) mass is 258 g/mol. The van der Waals surface area contributed by atoms with Gasteiger partial charge in [0, 0.05) is 13.1 Å². The van der Waals surface area contributed by atoms with Crippen LogP contribution in [0.4, 0.5) is 4.79 Å². The van der Waals surface area contributed by atoms with Crippen molar-refractivity contribution in [2.75, 3.05) is 13.1 Å². The molecule has 0 aliphatic carbocycles. The third-order valence-electron chi connectivity index (χ3n) is 2.09. The van der Waals surface area contributed by atoms with E-state index < -0.39 is 0 Å². The smallest absolute Gasteiger partial charge is 0.324 e. The minimum atomic E-state index is -0.322. The third-order valence-corrected chi connectivity index (χ3v) is 3.99. The second-order valence-electron chi connectivity index (χ2n) is 3.19. The van der Waals surface area contributed by atoms with E-state index >= 15 is 0 Å². The summed E-state index contributed by atoms with van der Waals surface area (Å²) in [5.74, 6) is -0.185. The van der Waals surface area contributed by atoms with Crippen LogP contribution in [-0.4, -0.2) is 45.4 Å². The molecule has 2 heterocycles. The Morgan fingerprint density at radius 1 is 1.75 bits per heavy atom. The van der Waals surface area contributed by atoms with Gasteiger partial charge in [-0.3, -0.25) is 9.69 Å². The predicted octanol–water partition coefficient (Wildman–Crippen LogP) is 0.571. The minimum Gasteiger partial charge on any atom is -0.336 e. The van der Waals surface area contributed by atoms with Gasteiger partial charge in [0.25, 0.3) is 0 Å². The van der Waals surface area contributed by atoms with E-state index in [0.29, 0.717) is 13.1 Å². The van der Waals surface area contributed by atoms with E-state index in [2.05, 4.69) is 15.5 Å². The van der Waals surface area contributed by atoms with Crippen LogP contribution in [0.1, 0.15) is 6.92 Å². The topological polar surface area (TPSA) is 75.2 Å². The van der Waals surface area contributed by atoms with Gasteiger partial charge in [-0.1, -0.05) is 23.1 Å². The molecule has 0 radical (unpaired) electrons. The van der Waals surface area contributed by atoms with Crippen molar-refractivity contribution < 1.29 is 9.59 Å². The highest BCUT2D eigenvalue weighted by Crippen LogP contribution is 2.25. The van der Waals surface area contributed by atoms with Crippen LogP contribution in [-0.2, 0) is 4.79 Å². The van der Waals surface area contributed by atoms with E-state index in [1.54, 1.807) is 12.4 Å². The lowest BCUT2D eigenvalue weighted by atomic mass is 10.4. The van der Waals surface area contributed by atoms with Crippen LogP contribution in [0.3, 0.4) is 0 Å². The molecule has 6 nitrogen and oxygen atoms in total. The molecular weight excluding hydrogens is 248 g/mol. The number of carbonyl (C=O) groups is 2. The number of aromatic nitrogens is 2. The van der Waals surface area contributed by atoms with E-state index in [0.717, 1.165) is 4.34 Å². The van der Waals surface area contributed by atoms with Crippen LogP contribution in [0.15, 0.2) is 9.85 Å². The first kappa shape index (κ1) is 11.3. The van der Waals surface area contributed by atoms with Crippen LogP contribution in [0.2, 0.25) is 0 Å². The molecule has 0 bridgehead atoms. The lowest BCUT2D eigenvalue weighted by Crippen LogP contribution is -2.38. The van der Waals surface area contributed by atoms with E-state index in [4.69, 9.17) is 0 Å². The molecule has 86 valence electrons. The van der Waals surface area contributed by atoms with Gasteiger partial charge in [-0.15, -0.1) is 10.2 Å². The molecule has 1 aromatic rings. The normalized spacial score (nSPS) is 17.3. The fraction of sp³-hybridized carbons (Fsp3) is 0.500. The van der Waals surface area contributed by atoms with Crippen molar-refractivity contribution in [1.29, 1.82) is 0 Å². The molecule has 1 aromatic heterocycles. The number of rotatable bonds is 3. The Morgan fingerprint density at radius 3 is 3.12 bits per heavy atom. The van der Waals surface area contributed by atoms with Gasteiger partial charge in [0.1, 0.15) is 5.51 Å². The largest absolute Gasteiger partial charge is 0.336 e. The Morgan fingerprint density at radius 2 is 2.56 bits per heavy atom. The number of nitrogens with zero attached hydrogens (tertiary/aromatic N) is 3. The quantitative estimate of drug-likeness (QED) is 0.802. The summed E-state index contributed by atoms with van der Waals surface area (Å²) in [4.78, 5) is 24.4. The molecule has 1 fully saturated rings. The number of nitrogens with one attached hydrogen (secondary N) is 1. The molecule has 1 atom stereocenters. The average Bonchev–Trinajstić information content (AvgIpc) is 2.88. The molecule has 2 rings (SSSR count). The lowest BCUT2D eigenvalue weighted by Gasteiger charge is -2.16. The standard InChI is InChI=1S/C8H10N4O2S2/c1-5(16-8-11-10-4-15-8)6(13)12-3-2-9-7(12)14/h4-5H,2-3H2,1H3,(H,9,14)/t5-/m1/s1. The summed E-state index contributed by atoms with van der Waals surface area (Å²) in [6.45, 7) is 2.74. The van der Waals surface area contributed by atoms with Gasteiger partial charge in [-0.05, 0) is 6.92 Å². The van der Waals surface area contributed by atoms with Gasteiger partial charge in [-0.2, -0.15) is 0 Å². The van der Waals surface area contributed by atoms with E-state index in [9.17, 15) is 9.59 Å². The van der Waals surface area contributed by atoms with Crippen LogP contribution >= 0.6 is 23.1 Å². The summed E-state index contributed by atoms with van der Waals surface area (Å²) in [5, 5.41) is 9.81. The SMILES string of the molecule is C[C@@H](Sc1nncs1)C(=O)N1CCNC1=O. The zero-order valence-corrected chi connectivity index (χ0v) is 10.2. The zero-order chi connectivity index (χ0) is 11.5. The number of urea groups is 1. The van der Waals surface area contributed by atoms with E-state index in [1.165, 1.54) is 28.0 Å². The Kier molecular flexibility index (Phi) is 3.39. The second kappa shape index (κ2) is 4.79. The van der Waals surface area contributed by atoms with Crippen LogP contribution in [0.25, 0.3) is 0 Å². The van der Waals surface area contributed by atoms with Crippen molar-refractivity contribution in [1.82, 2.24) is 20.4 Å². The Labute approximate surface area is 100 Å². The minimum absolute atomic E-state index is 0.185. The first-order valence-electron chi connectivity index (χ1n) is 4.70. The van der Waals surface area contributed by atoms with Gasteiger partial charge in [0.15, 0.2) is 4.34 Å². The molecule has 1 aliphatic heterocycles. The summed E-state index contributed by atoms with van der Waals surface area (Å²) in [6, 6.07) is -0.310. The fourth-order valence-electron chi connectivity index (χ4n) is 1.32. The Bertz CT molecular complexity index is 395. The van der Waals surface area contributed by atoms with Crippen molar-refractivity contribution in [3.05, 3.63) is 5.51 Å². The summed E-state index contributed by atoms with van der Waals surface area (Å²) in [5.41, 5.74) is 1.61. The molecule has 0 unspecified atom stereocenters. The summed E-state index contributed by atoms with van der Waals surface area (Å²) in [7, 11) is 0. The maximum Gasteiger partial charge on any atom is 0.324 e. The Hall–Kier alpha value is -1.15. The van der Waals surface area contributed by atoms with Crippen molar-refractivity contribution in [3.63, 3.8) is 0 Å². The summed E-state index contributed by atoms with van der Waals surface area (Å²) < 4.78 is 0.737. The second-order valence-corrected chi connectivity index (χ2v) is 5.61. The first-order chi connectivity index (χ1) is 7.68. The summed E-state index contributed by atoms with van der Waals surface area (Å²) in [6.07, 6.45) is 0. The molecule has 0 aromatic carbocycles. The molecule has 1 aliphatic rings. The predicted molar refractivity (Wildman–Crippen MR) is 60.3 cm³/mol. The highest BCUT2D eigenvalue weighted by molar-refractivity contribution is 8.02. The molecule has 0 saturated carbocycles. The zero-order valence-electron chi connectivity index (χ0n) is 8.54. The van der Waals surface area contributed by atoms with Crippen molar-refractivity contribution in [2.45, 2.75) is 16.5 Å². The van der Waals surface area contributed by atoms with Gasteiger partial charge in [-0.25, -0.2) is 4.79 Å². The number of amides is 3. The highest BCUT2D eigenvalue weighted by atomic mass is 32.2. The van der Waals surface area contributed by atoms with Gasteiger partial charge in [0.2, 0.25) is 5.91 Å². The number of hydrogen-bond acceptors (Lipinski definition) is 6. The molecule has 16 heavy (non-hydrogen) atoms. The number of carbonyl (C=O) groups excluding carboxylic acids is 2. The lowest BCUT2D eigenvalue weighted by molar-refractivity contribution is -0.126. The summed E-state index contributed by atoms with van der Waals surface area (Å²) >= 11 is 2.70. The molecule has 8 heteroatoms. The van der Waals surface area contributed by atoms with Crippen LogP contribution in [0, 0.1) is 0 Å². The third kappa shape index (κ3) is 2.33. The highest BCUT2D eigenvalue weighted by Gasteiger charge is 2.30. The van der Waals surface area contributed by atoms with Crippen molar-refractivity contribution in [2.24, 2.45) is 0 Å². The van der Waals surface area contributed by atoms with Crippen molar-refractivity contribution in [3.8, 4) is 0 Å². The van der Waals surface area contributed by atoms with Gasteiger partial charge in [0.05, 0.1) is 5.25 Å². The molecule has 1 N–H and O–H groups in total. The van der Waals surface area contributed by atoms with E-state index in [-0.39, 0.29) is 17.2 Å². The average molecular weight is 258 g/mol. The van der Waals surface area contributed by atoms with Gasteiger partial charge < -0.3 is 5.32 Å². The van der Waals surface area contributed by atoms with Crippen LogP contribution < -0.4 is 5.32 Å². The molecule has 3 amide bonds. The molecule has 1 saturated heterocycles.